The molecule has 1 unspecified atom stereocenters. The molecule has 0 radical (unpaired) electrons. The van der Waals surface area contributed by atoms with E-state index < -0.39 is 44.9 Å². The number of urea groups is 1. The van der Waals surface area contributed by atoms with E-state index in [2.05, 4.69) is 10.3 Å². The van der Waals surface area contributed by atoms with Gasteiger partial charge in [0.05, 0.1) is 15.5 Å². The minimum absolute atomic E-state index is 0.0880. The van der Waals surface area contributed by atoms with Crippen molar-refractivity contribution in [3.63, 3.8) is 0 Å². The van der Waals surface area contributed by atoms with Crippen molar-refractivity contribution in [1.29, 1.82) is 5.41 Å². The highest BCUT2D eigenvalue weighted by Gasteiger charge is 2.43. The van der Waals surface area contributed by atoms with Crippen molar-refractivity contribution in [1.82, 2.24) is 0 Å². The average Bonchev–Trinajstić information content (AvgIpc) is 3.52. The second-order valence-corrected chi connectivity index (χ2v) is 15.8. The lowest BCUT2D eigenvalue weighted by atomic mass is 9.98. The molecule has 2 amide bonds. The Morgan fingerprint density at radius 1 is 0.948 bits per heavy atom. The monoisotopic (exact) mass is 900 g/mol. The van der Waals surface area contributed by atoms with Gasteiger partial charge in [-0.05, 0) is 66.8 Å². The Morgan fingerprint density at radius 2 is 1.52 bits per heavy atom. The molecule has 1 aliphatic rings. The number of alkyl halides is 6. The van der Waals surface area contributed by atoms with Crippen LogP contribution in [-0.4, -0.2) is 81.4 Å². The molecule has 0 aromatic heterocycles. The first-order valence-corrected chi connectivity index (χ1v) is 19.4. The zero-order valence-corrected chi connectivity index (χ0v) is 32.7. The van der Waals surface area contributed by atoms with Gasteiger partial charge in [-0.15, -0.1) is 11.8 Å². The molecule has 0 fully saturated rings. The molecule has 314 valence electrons. The molecule has 1 heterocycles. The van der Waals surface area contributed by atoms with Gasteiger partial charge >= 0.3 is 40.3 Å². The van der Waals surface area contributed by atoms with Crippen LogP contribution in [0.2, 0.25) is 0 Å². The number of carboxylic acid groups (broad SMARTS) is 2. The van der Waals surface area contributed by atoms with E-state index in [1.54, 1.807) is 30.5 Å². The Kier molecular flexibility index (Phi) is 16.7. The third-order valence-corrected chi connectivity index (χ3v) is 11.4. The zero-order chi connectivity index (χ0) is 44.3. The van der Waals surface area contributed by atoms with Crippen LogP contribution in [0, 0.1) is 12.3 Å². The standard InChI is InChI=1S/C27H29N9O4S4.2C2HF3O2/c1-14-9-17(34-26(31)32)12-20(28)23(14)15-5-3-7-18(10-15)43-40-36(21-13-22(24(29)30)42-25(21)41-2)44(38,39)19-8-4-6-16(11-19)35-27(33)37;2*3-2(4,5)1(6)7/h3-13,25H,28H2,1-2H3,(H9-,29,30,31,32,33,34,35,37);2*(H,6,7)/p+1. The molecule has 4 rings (SSSR count). The zero-order valence-electron chi connectivity index (χ0n) is 29.5. The van der Waals surface area contributed by atoms with E-state index in [4.69, 9.17) is 58.2 Å². The van der Waals surface area contributed by atoms with Gasteiger partial charge in [-0.3, -0.25) is 5.41 Å². The highest BCUT2D eigenvalue weighted by Crippen LogP contribution is 2.39. The van der Waals surface area contributed by atoms with E-state index in [9.17, 15) is 39.6 Å². The van der Waals surface area contributed by atoms with Crippen LogP contribution in [0.25, 0.3) is 11.1 Å². The molecular formula is C31H32F6N9O8S4+. The number of aliphatic carboxylic acids is 2. The number of amidine groups is 1. The molecule has 0 bridgehead atoms. The highest BCUT2D eigenvalue weighted by molar-refractivity contribution is 8.20. The number of allylic oxidation sites excluding steroid dienone is 1. The van der Waals surface area contributed by atoms with Crippen molar-refractivity contribution in [2.75, 3.05) is 17.3 Å². The molecular weight excluding hydrogens is 869 g/mol. The highest BCUT2D eigenvalue weighted by atomic mass is 32.2. The number of guanidine groups is 1. The second kappa shape index (κ2) is 20.1. The predicted molar refractivity (Wildman–Crippen MR) is 208 cm³/mol. The molecule has 0 spiro atoms. The Bertz CT molecular complexity index is 2220. The number of rotatable bonds is 10. The van der Waals surface area contributed by atoms with Crippen LogP contribution < -0.4 is 34.0 Å². The number of aliphatic imine (C=N–C) groups is 1. The molecule has 27 heteroatoms. The van der Waals surface area contributed by atoms with Crippen LogP contribution in [0.3, 0.4) is 0 Å². The molecule has 17 nitrogen and oxygen atoms in total. The fourth-order valence-corrected chi connectivity index (χ4v) is 8.42. The first-order valence-electron chi connectivity index (χ1n) is 15.1. The van der Waals surface area contributed by atoms with Crippen LogP contribution in [0.4, 0.5) is 48.2 Å². The van der Waals surface area contributed by atoms with Crippen LogP contribution in [0.15, 0.2) is 86.4 Å². The van der Waals surface area contributed by atoms with Crippen molar-refractivity contribution in [3.8, 4) is 11.1 Å². The fourth-order valence-electron chi connectivity index (χ4n) is 4.24. The number of hydrogen-bond donors (Lipinski definition) is 9. The molecule has 0 saturated carbocycles. The number of anilines is 2. The summed E-state index contributed by atoms with van der Waals surface area (Å²) in [6, 6.07) is 15.4. The van der Waals surface area contributed by atoms with E-state index in [1.165, 1.54) is 53.9 Å². The quantitative estimate of drug-likeness (QED) is 0.0247. The van der Waals surface area contributed by atoms with Gasteiger partial charge in [-0.1, -0.05) is 30.0 Å². The maximum absolute atomic E-state index is 14.0. The number of halogens is 6. The van der Waals surface area contributed by atoms with Crippen LogP contribution in [0.5, 0.6) is 0 Å². The normalized spacial score (nSPS) is 14.6. The lowest BCUT2D eigenvalue weighted by molar-refractivity contribution is -0.617. The molecule has 1 atom stereocenters. The number of thioether (sulfide) groups is 2. The Balaban J connectivity index is 0.000000707. The number of nitrogens with two attached hydrogens (primary N) is 5. The summed E-state index contributed by atoms with van der Waals surface area (Å²) in [5.41, 5.74) is 32.1. The van der Waals surface area contributed by atoms with E-state index in [-0.39, 0.29) is 28.1 Å². The lowest BCUT2D eigenvalue weighted by Gasteiger charge is -2.12. The number of benzene rings is 3. The molecule has 14 N–H and O–H groups in total. The van der Waals surface area contributed by atoms with Crippen molar-refractivity contribution in [2.24, 2.45) is 27.9 Å². The number of aryl methyl sites for hydroxylation is 1. The van der Waals surface area contributed by atoms with Crippen molar-refractivity contribution >= 4 is 98.1 Å². The second-order valence-electron chi connectivity index (χ2n) is 10.8. The van der Waals surface area contributed by atoms with Crippen molar-refractivity contribution < 1.29 is 67.8 Å². The summed E-state index contributed by atoms with van der Waals surface area (Å²) >= 11 is 3.41. The number of nitrogens with one attached hydrogen (secondary N) is 2. The number of primary amides is 1. The summed E-state index contributed by atoms with van der Waals surface area (Å²) in [5, 5.41) is 24.5. The number of carbonyl (C=O) groups excluding carboxylic acids is 1. The minimum atomic E-state index is -5.08. The van der Waals surface area contributed by atoms with Gasteiger partial charge in [0, 0.05) is 23.0 Å². The first-order chi connectivity index (χ1) is 26.7. The van der Waals surface area contributed by atoms with Gasteiger partial charge in [0.1, 0.15) is 19.5 Å². The van der Waals surface area contributed by atoms with E-state index in [0.29, 0.717) is 21.2 Å². The number of nitrogens with zero attached hydrogens (tertiary/aromatic N) is 2. The number of carboxylic acids is 2. The van der Waals surface area contributed by atoms with Crippen molar-refractivity contribution in [2.45, 2.75) is 33.6 Å². The SMILES string of the molecule is CSC1SC(C(=N)N)=CC1=[N+](OSc1cccc(-c2c(C)cc(N=C(N)N)cc2N)c1)S(=O)(=O)c1cccc(NC(N)=O)c1.O=C(O)C(F)(F)F.O=C(O)C(F)(F)F. The summed E-state index contributed by atoms with van der Waals surface area (Å²) in [6.07, 6.45) is -6.85. The minimum Gasteiger partial charge on any atom is -0.475 e. The van der Waals surface area contributed by atoms with E-state index >= 15 is 0 Å². The topological polar surface area (TPSA) is 316 Å². The summed E-state index contributed by atoms with van der Waals surface area (Å²) < 4.78 is 97.9. The third-order valence-electron chi connectivity index (χ3n) is 6.48. The lowest BCUT2D eigenvalue weighted by Crippen LogP contribution is -2.29. The fraction of sp³-hybridized carbons (Fsp3) is 0.161. The molecule has 3 aromatic rings. The van der Waals surface area contributed by atoms with Gasteiger partial charge in [0.15, 0.2) is 18.0 Å². The van der Waals surface area contributed by atoms with Gasteiger partial charge < -0.3 is 44.2 Å². The summed E-state index contributed by atoms with van der Waals surface area (Å²) in [6.45, 7) is 1.87. The number of carbonyl (C=O) groups is 3. The molecule has 0 saturated heterocycles. The average molecular weight is 901 g/mol. The molecule has 0 aliphatic carbocycles. The maximum Gasteiger partial charge on any atom is 0.490 e. The van der Waals surface area contributed by atoms with Crippen LogP contribution in [-0.2, 0) is 23.9 Å². The Hall–Kier alpha value is -5.80. The number of amides is 2. The maximum atomic E-state index is 14.0. The first kappa shape index (κ1) is 48.3. The Morgan fingerprint density at radius 3 is 2.00 bits per heavy atom. The largest absolute Gasteiger partial charge is 0.490 e. The van der Waals surface area contributed by atoms with E-state index in [0.717, 1.165) is 32.9 Å². The van der Waals surface area contributed by atoms with Gasteiger partial charge in [0.2, 0.25) is 0 Å². The van der Waals surface area contributed by atoms with Crippen molar-refractivity contribution in [3.05, 3.63) is 77.2 Å². The summed E-state index contributed by atoms with van der Waals surface area (Å²) in [4.78, 5) is 34.1. The number of nitrogen functional groups attached to an aromatic ring is 1. The number of sulfonamides is 1. The predicted octanol–water partition coefficient (Wildman–Crippen LogP) is 4.94. The van der Waals surface area contributed by atoms with Gasteiger partial charge in [0.25, 0.3) is 5.71 Å². The number of hydrogen-bond acceptors (Lipinski definition) is 12. The summed E-state index contributed by atoms with van der Waals surface area (Å²) in [7, 11) is -4.37. The third kappa shape index (κ3) is 14.0. The molecule has 3 aromatic carbocycles. The van der Waals surface area contributed by atoms with E-state index in [1.807, 2.05) is 19.1 Å². The molecule has 1 aliphatic heterocycles. The summed E-state index contributed by atoms with van der Waals surface area (Å²) in [5.74, 6) is -5.80. The van der Waals surface area contributed by atoms with Gasteiger partial charge in [-0.25, -0.2) is 19.4 Å². The Labute approximate surface area is 337 Å². The smallest absolute Gasteiger partial charge is 0.475 e. The van der Waals surface area contributed by atoms with Crippen LogP contribution >= 0.6 is 35.6 Å². The van der Waals surface area contributed by atoms with Gasteiger partial charge in [-0.2, -0.15) is 39.0 Å². The van der Waals surface area contributed by atoms with Crippen LogP contribution in [0.1, 0.15) is 5.56 Å². The molecule has 58 heavy (non-hydrogen) atoms.